The van der Waals surface area contributed by atoms with Gasteiger partial charge in [-0.15, -0.1) is 0 Å². The maximum atomic E-state index is 13.2. The molecular formula is C32H38ClN3O2. The molecule has 6 heteroatoms. The zero-order chi connectivity index (χ0) is 26.2. The van der Waals surface area contributed by atoms with Gasteiger partial charge in [0, 0.05) is 50.3 Å². The largest absolute Gasteiger partial charge is 0.455 e. The molecule has 5 rings (SSSR count). The first-order valence-corrected chi connectivity index (χ1v) is 14.3. The van der Waals surface area contributed by atoms with Crippen molar-refractivity contribution in [1.29, 1.82) is 0 Å². The first-order valence-electron chi connectivity index (χ1n) is 13.9. The van der Waals surface area contributed by atoms with Crippen LogP contribution in [0.1, 0.15) is 59.5 Å². The lowest BCUT2D eigenvalue weighted by Crippen LogP contribution is -2.48. The Labute approximate surface area is 231 Å². The lowest BCUT2D eigenvalue weighted by atomic mass is 9.93. The average Bonchev–Trinajstić information content (AvgIpc) is 3.43. The van der Waals surface area contributed by atoms with E-state index in [0.29, 0.717) is 18.3 Å². The van der Waals surface area contributed by atoms with Gasteiger partial charge in [0.2, 0.25) is 0 Å². The number of halogens is 1. The van der Waals surface area contributed by atoms with Crippen LogP contribution in [0, 0.1) is 0 Å². The molecular weight excluding hydrogens is 494 g/mol. The number of rotatable bonds is 9. The molecule has 0 bridgehead atoms. The molecule has 1 aliphatic carbocycles. The molecule has 0 atom stereocenters. The van der Waals surface area contributed by atoms with Crippen LogP contribution in [0.4, 0.5) is 0 Å². The number of benzene rings is 2. The third kappa shape index (κ3) is 7.16. The van der Waals surface area contributed by atoms with Gasteiger partial charge < -0.3 is 9.32 Å². The fourth-order valence-electron chi connectivity index (χ4n) is 5.58. The number of furan rings is 1. The second-order valence-corrected chi connectivity index (χ2v) is 10.9. The highest BCUT2D eigenvalue weighted by Gasteiger charge is 2.26. The van der Waals surface area contributed by atoms with Gasteiger partial charge in [-0.3, -0.25) is 14.6 Å². The lowest BCUT2D eigenvalue weighted by Gasteiger charge is -2.34. The Morgan fingerprint density at radius 2 is 1.63 bits per heavy atom. The van der Waals surface area contributed by atoms with Crippen molar-refractivity contribution in [3.05, 3.63) is 100 Å². The maximum absolute atomic E-state index is 13.2. The van der Waals surface area contributed by atoms with Gasteiger partial charge in [-0.1, -0.05) is 91.5 Å². The van der Waals surface area contributed by atoms with Crippen LogP contribution in [-0.2, 0) is 13.1 Å². The lowest BCUT2D eigenvalue weighted by molar-refractivity contribution is 0.0612. The number of carbonyl (C=O) groups is 1. The number of piperazine rings is 1. The first kappa shape index (κ1) is 26.7. The van der Waals surface area contributed by atoms with Crippen molar-refractivity contribution in [3.8, 4) is 0 Å². The highest BCUT2D eigenvalue weighted by molar-refractivity contribution is 6.31. The molecule has 1 aromatic heterocycles. The van der Waals surface area contributed by atoms with Gasteiger partial charge in [-0.2, -0.15) is 0 Å². The maximum Gasteiger partial charge on any atom is 0.289 e. The van der Waals surface area contributed by atoms with Crippen molar-refractivity contribution in [2.24, 2.45) is 0 Å². The summed E-state index contributed by atoms with van der Waals surface area (Å²) >= 11 is 6.50. The molecule has 0 spiro atoms. The number of hydrogen-bond acceptors (Lipinski definition) is 4. The minimum Gasteiger partial charge on any atom is -0.455 e. The van der Waals surface area contributed by atoms with E-state index in [1.807, 2.05) is 41.3 Å². The van der Waals surface area contributed by atoms with E-state index in [9.17, 15) is 4.79 Å². The molecule has 1 aliphatic heterocycles. The Bertz CT molecular complexity index is 1190. The van der Waals surface area contributed by atoms with E-state index < -0.39 is 0 Å². The highest BCUT2D eigenvalue weighted by atomic mass is 35.5. The topological polar surface area (TPSA) is 39.9 Å². The molecule has 0 radical (unpaired) electrons. The standard InChI is InChI=1S/C32H38ClN3O2/c33-30-16-8-7-13-27(30)24-36(28-14-5-2-6-15-28)25-29-17-18-31(38-29)32(37)35-22-20-34(21-23-35)19-9-12-26-10-3-1-4-11-26/h1,3-4,7-13,16-18,28H,2,5-6,14-15,19-25H2. The molecule has 0 unspecified atom stereocenters. The van der Waals surface area contributed by atoms with E-state index >= 15 is 0 Å². The third-order valence-electron chi connectivity index (χ3n) is 7.79. The Morgan fingerprint density at radius 3 is 2.39 bits per heavy atom. The average molecular weight is 532 g/mol. The third-order valence-corrected chi connectivity index (χ3v) is 8.16. The second-order valence-electron chi connectivity index (χ2n) is 10.5. The predicted molar refractivity (Wildman–Crippen MR) is 154 cm³/mol. The molecule has 2 aliphatic rings. The van der Waals surface area contributed by atoms with Crippen molar-refractivity contribution < 1.29 is 9.21 Å². The SMILES string of the molecule is O=C(c1ccc(CN(Cc2ccccc2Cl)C2CCCCC2)o1)N1CCN(CC=Cc2ccccc2)CC1. The number of carbonyl (C=O) groups excluding carboxylic acids is 1. The zero-order valence-electron chi connectivity index (χ0n) is 22.1. The van der Waals surface area contributed by atoms with Crippen molar-refractivity contribution in [3.63, 3.8) is 0 Å². The smallest absolute Gasteiger partial charge is 0.289 e. The minimum absolute atomic E-state index is 0.00829. The summed E-state index contributed by atoms with van der Waals surface area (Å²) in [5.74, 6) is 1.28. The summed E-state index contributed by atoms with van der Waals surface area (Å²) in [6.45, 7) is 5.53. The Kier molecular flexibility index (Phi) is 9.34. The van der Waals surface area contributed by atoms with Gasteiger partial charge in [-0.05, 0) is 42.2 Å². The van der Waals surface area contributed by atoms with E-state index in [1.54, 1.807) is 0 Å². The van der Waals surface area contributed by atoms with E-state index in [-0.39, 0.29) is 5.91 Å². The molecule has 3 aromatic rings. The summed E-state index contributed by atoms with van der Waals surface area (Å²) in [4.78, 5) is 20.0. The minimum atomic E-state index is -0.00829. The number of amides is 1. The summed E-state index contributed by atoms with van der Waals surface area (Å²) in [7, 11) is 0. The fraction of sp³-hybridized carbons (Fsp3) is 0.406. The van der Waals surface area contributed by atoms with Crippen LogP contribution >= 0.6 is 11.6 Å². The van der Waals surface area contributed by atoms with Gasteiger partial charge in [0.15, 0.2) is 5.76 Å². The summed E-state index contributed by atoms with van der Waals surface area (Å²) in [5.41, 5.74) is 2.35. The second kappa shape index (κ2) is 13.3. The molecule has 1 saturated heterocycles. The normalized spacial score (nSPS) is 17.5. The molecule has 2 heterocycles. The Hall–Kier alpha value is -2.86. The van der Waals surface area contributed by atoms with E-state index in [2.05, 4.69) is 52.3 Å². The quantitative estimate of drug-likeness (QED) is 0.306. The molecule has 5 nitrogen and oxygen atoms in total. The van der Waals surface area contributed by atoms with Crippen molar-refractivity contribution in [2.45, 2.75) is 51.2 Å². The van der Waals surface area contributed by atoms with Crippen LogP contribution in [0.5, 0.6) is 0 Å². The van der Waals surface area contributed by atoms with Gasteiger partial charge in [-0.25, -0.2) is 0 Å². The molecule has 0 N–H and O–H groups in total. The molecule has 38 heavy (non-hydrogen) atoms. The number of hydrogen-bond donors (Lipinski definition) is 0. The molecule has 2 aromatic carbocycles. The van der Waals surface area contributed by atoms with Crippen LogP contribution in [0.3, 0.4) is 0 Å². The summed E-state index contributed by atoms with van der Waals surface area (Å²) in [6, 6.07) is 22.8. The first-order chi connectivity index (χ1) is 18.7. The van der Waals surface area contributed by atoms with Crippen molar-refractivity contribution in [2.75, 3.05) is 32.7 Å². The van der Waals surface area contributed by atoms with Crippen molar-refractivity contribution >= 4 is 23.6 Å². The summed E-state index contributed by atoms with van der Waals surface area (Å²) < 4.78 is 6.14. The summed E-state index contributed by atoms with van der Waals surface area (Å²) in [6.07, 6.45) is 10.6. The predicted octanol–water partition coefficient (Wildman–Crippen LogP) is 6.74. The highest BCUT2D eigenvalue weighted by Crippen LogP contribution is 2.28. The monoisotopic (exact) mass is 531 g/mol. The van der Waals surface area contributed by atoms with Crippen LogP contribution < -0.4 is 0 Å². The molecule has 2 fully saturated rings. The Balaban J connectivity index is 1.16. The van der Waals surface area contributed by atoms with Gasteiger partial charge in [0.05, 0.1) is 6.54 Å². The van der Waals surface area contributed by atoms with E-state index in [1.165, 1.54) is 37.7 Å². The van der Waals surface area contributed by atoms with Crippen LogP contribution in [-0.4, -0.2) is 59.4 Å². The number of nitrogens with zero attached hydrogens (tertiary/aromatic N) is 3. The van der Waals surface area contributed by atoms with Gasteiger partial charge in [0.1, 0.15) is 5.76 Å². The van der Waals surface area contributed by atoms with Gasteiger partial charge >= 0.3 is 0 Å². The van der Waals surface area contributed by atoms with Crippen molar-refractivity contribution in [1.82, 2.24) is 14.7 Å². The molecule has 1 amide bonds. The Morgan fingerprint density at radius 1 is 0.895 bits per heavy atom. The summed E-state index contributed by atoms with van der Waals surface area (Å²) in [5, 5.41) is 0.804. The van der Waals surface area contributed by atoms with Crippen LogP contribution in [0.15, 0.2) is 77.2 Å². The fourth-order valence-corrected chi connectivity index (χ4v) is 5.77. The van der Waals surface area contributed by atoms with Gasteiger partial charge in [0.25, 0.3) is 5.91 Å². The van der Waals surface area contributed by atoms with Crippen LogP contribution in [0.2, 0.25) is 5.02 Å². The van der Waals surface area contributed by atoms with E-state index in [0.717, 1.165) is 55.6 Å². The molecule has 200 valence electrons. The van der Waals surface area contributed by atoms with Crippen LogP contribution in [0.25, 0.3) is 6.08 Å². The molecule has 1 saturated carbocycles. The zero-order valence-corrected chi connectivity index (χ0v) is 22.9. The van der Waals surface area contributed by atoms with E-state index in [4.69, 9.17) is 16.0 Å².